The van der Waals surface area contributed by atoms with Crippen molar-refractivity contribution in [2.24, 2.45) is 5.73 Å². The molecule has 4 fully saturated rings. The van der Waals surface area contributed by atoms with Gasteiger partial charge in [0, 0.05) is 108 Å². The number of nitrogens with zero attached hydrogens (tertiary/aromatic N) is 12. The van der Waals surface area contributed by atoms with E-state index in [9.17, 15) is 12.8 Å². The first-order valence-electron chi connectivity index (χ1n) is 41.3. The molecule has 0 aliphatic carbocycles. The first-order chi connectivity index (χ1) is 58.1. The topological polar surface area (TPSA) is 320 Å². The lowest BCUT2D eigenvalue weighted by atomic mass is 9.82. The van der Waals surface area contributed by atoms with Crippen LogP contribution in [-0.2, 0) is 81.8 Å². The van der Waals surface area contributed by atoms with Crippen molar-refractivity contribution in [3.63, 3.8) is 0 Å². The molecule has 28 nitrogen and oxygen atoms in total. The molecular weight excluding hydrogens is 1780 g/mol. The number of piperazine rings is 1. The number of H-pyrrole nitrogens is 1. The van der Waals surface area contributed by atoms with Gasteiger partial charge in [-0.2, -0.15) is 28.8 Å². The van der Waals surface area contributed by atoms with Crippen LogP contribution in [0.25, 0.3) is 5.52 Å². The van der Waals surface area contributed by atoms with Crippen LogP contribution in [-0.4, -0.2) is 193 Å². The maximum atomic E-state index is 13.3. The number of aromatic nitrogens is 11. The highest BCUT2D eigenvalue weighted by Crippen LogP contribution is 2.39. The van der Waals surface area contributed by atoms with Crippen LogP contribution in [0.3, 0.4) is 0 Å². The minimum absolute atomic E-state index is 0. The lowest BCUT2D eigenvalue weighted by Gasteiger charge is -2.35. The Morgan fingerprint density at radius 3 is 1.44 bits per heavy atom. The van der Waals surface area contributed by atoms with Gasteiger partial charge in [-0.05, 0) is 193 Å². The second-order valence-corrected chi connectivity index (χ2v) is 36.7. The number of aliphatic hydroxyl groups is 2. The number of hydrogen-bond acceptors (Lipinski definition) is 24. The highest BCUT2D eigenvalue weighted by molar-refractivity contribution is 9.10. The molecule has 666 valence electrons. The van der Waals surface area contributed by atoms with Gasteiger partial charge in [-0.25, -0.2) is 23.9 Å². The molecule has 5 aromatic carbocycles. The third-order valence-electron chi connectivity index (χ3n) is 22.4. The predicted molar refractivity (Wildman–Crippen MR) is 480 cm³/mol. The van der Waals surface area contributed by atoms with Gasteiger partial charge in [-0.15, -0.1) is 0 Å². The normalized spacial score (nSPS) is 17.9. The first kappa shape index (κ1) is 99.6. The molecule has 4 aliphatic heterocycles. The summed E-state index contributed by atoms with van der Waals surface area (Å²) in [7, 11) is -4.83. The van der Waals surface area contributed by atoms with Crippen LogP contribution in [0.2, 0.25) is 0 Å². The van der Waals surface area contributed by atoms with Gasteiger partial charge in [0.25, 0.3) is 10.1 Å². The van der Waals surface area contributed by atoms with Gasteiger partial charge in [0.2, 0.25) is 5.95 Å². The van der Waals surface area contributed by atoms with Crippen molar-refractivity contribution in [1.29, 1.82) is 0 Å². The van der Waals surface area contributed by atoms with Gasteiger partial charge in [0.05, 0.1) is 115 Å². The largest absolute Gasteiger partial charge is 1.00 e. The van der Waals surface area contributed by atoms with Crippen LogP contribution in [0.5, 0.6) is 0 Å². The summed E-state index contributed by atoms with van der Waals surface area (Å²) in [6.07, 6.45) is 17.0. The Bertz CT molecular complexity index is 5110. The summed E-state index contributed by atoms with van der Waals surface area (Å²) in [5, 5.41) is 37.6. The Morgan fingerprint density at radius 2 is 0.992 bits per heavy atom. The van der Waals surface area contributed by atoms with Crippen molar-refractivity contribution >= 4 is 81.1 Å². The number of anilines is 2. The van der Waals surface area contributed by atoms with E-state index in [1.807, 2.05) is 195 Å². The van der Waals surface area contributed by atoms with Crippen LogP contribution in [0.4, 0.5) is 16.2 Å². The van der Waals surface area contributed by atoms with Crippen molar-refractivity contribution in [1.82, 2.24) is 54.3 Å². The average molecular weight is 1900 g/mol. The highest BCUT2D eigenvalue weighted by atomic mass is 127. The molecule has 4 aliphatic rings. The minimum atomic E-state index is -3.75. The van der Waals surface area contributed by atoms with Crippen LogP contribution in [0.15, 0.2) is 217 Å². The number of halogens is 3. The molecule has 10 heterocycles. The van der Waals surface area contributed by atoms with E-state index in [2.05, 4.69) is 113 Å². The molecule has 15 rings (SSSR count). The maximum absolute atomic E-state index is 13.3. The molecule has 0 bridgehead atoms. The molecule has 0 unspecified atom stereocenters. The van der Waals surface area contributed by atoms with Crippen molar-refractivity contribution in [2.75, 3.05) is 62.4 Å². The van der Waals surface area contributed by atoms with Crippen molar-refractivity contribution in [3.8, 4) is 0 Å². The average Bonchev–Trinajstić information content (AvgIpc) is 1.62. The lowest BCUT2D eigenvalue weighted by Crippen LogP contribution is -3.00. The number of aromatic amines is 1. The fourth-order valence-electron chi connectivity index (χ4n) is 12.6. The zero-order chi connectivity index (χ0) is 89.1. The summed E-state index contributed by atoms with van der Waals surface area (Å²) in [5.74, 6) is 1.30. The van der Waals surface area contributed by atoms with E-state index in [1.54, 1.807) is 92.2 Å². The Kier molecular flexibility index (Phi) is 35.3. The van der Waals surface area contributed by atoms with E-state index in [0.717, 1.165) is 86.2 Å². The molecule has 124 heavy (non-hydrogen) atoms. The fourth-order valence-corrected chi connectivity index (χ4v) is 14.1. The first-order valence-corrected chi connectivity index (χ1v) is 43.5. The number of benzene rings is 5. The number of rotatable bonds is 25. The van der Waals surface area contributed by atoms with Crippen LogP contribution in [0.1, 0.15) is 163 Å². The Hall–Kier alpha value is -8.21. The van der Waals surface area contributed by atoms with Gasteiger partial charge >= 0.3 is 21.4 Å². The van der Waals surface area contributed by atoms with E-state index >= 15 is 0 Å². The van der Waals surface area contributed by atoms with Gasteiger partial charge in [-0.3, -0.25) is 18.6 Å². The zero-order valence-electron chi connectivity index (χ0n) is 74.2. The Balaban J connectivity index is 0.000000173. The zero-order valence-corrected chi connectivity index (χ0v) is 78.8. The molecular formula is C89H119B3BrFIN14O14S-. The number of nitrogens with one attached hydrogen (secondary N) is 1. The summed E-state index contributed by atoms with van der Waals surface area (Å²) < 4.78 is 101. The summed E-state index contributed by atoms with van der Waals surface area (Å²) in [4.78, 5) is 18.2. The van der Waals surface area contributed by atoms with Crippen molar-refractivity contribution in [2.45, 2.75) is 213 Å². The number of aliphatic hydroxyl groups excluding tert-OH is 2. The van der Waals surface area contributed by atoms with Gasteiger partial charge in [0.1, 0.15) is 17.7 Å². The van der Waals surface area contributed by atoms with E-state index in [4.69, 9.17) is 62.3 Å². The molecule has 35 heteroatoms. The second kappa shape index (κ2) is 44.0. The lowest BCUT2D eigenvalue weighted by molar-refractivity contribution is -0.0000433. The molecule has 6 aromatic heterocycles. The number of hydrogen-bond donors (Lipinski definition) is 4. The molecule has 5 N–H and O–H groups in total. The van der Waals surface area contributed by atoms with Crippen molar-refractivity contribution in [3.05, 3.63) is 251 Å². The molecule has 0 radical (unpaired) electrons. The number of fused-ring (bicyclic) bond motifs is 1. The van der Waals surface area contributed by atoms with E-state index in [1.165, 1.54) is 17.7 Å². The Morgan fingerprint density at radius 1 is 0.556 bits per heavy atom. The summed E-state index contributed by atoms with van der Waals surface area (Å²) >= 11 is 3.50. The second-order valence-electron chi connectivity index (χ2n) is 34.2. The van der Waals surface area contributed by atoms with Crippen LogP contribution >= 0.6 is 15.9 Å². The molecule has 0 spiro atoms. The standard InChI is InChI=1S/C22H22BrFN8.C19H27BN2O3.C17H20O4S.C12H21BN2O3.C10H14O2.C9H15BN2O2.HI/c1-22(25,15-2-4-18(24)5-3-15)16-11-26-21(27-12-16)31-8-6-30(7-9-31)20-19-10-17(23)13-32(19)29-14-28-20;1-15(13-23-14-16-9-7-6-8-10-16)22-12-17(11-21-22)20-24-18(2,3)19(4,5)25-20;1-14-8-10-17(11-9-14)22(18,19)21-15(2)12-20-13-16-6-4-3-5-7-16;1-9(8-16)15-7-10(6-14-15)13-17-11(2,3)12(4,5)18-13;1-9(11)7-12-8-10-5-3-2-4-6-10;1-8(2)9(3,4)14-10(13-8)7-5-11-12-6-7;/h2-5,10-14H,6-9,25H2,1H3;6-12,15H,13-14H2,1-5H3;3-11,15H,12-13H2,1-2H3;6-7,9,16H,8H2,1-5H3;2-6,9,11H,7-8H2,1H3;5-6H,1-4H3,(H,11,12);1H/p-1/t22-;2*15-;2*9-;;/m00101../s1. The number of ether oxygens (including phenoxy) is 3. The highest BCUT2D eigenvalue weighted by Gasteiger charge is 2.54. The van der Waals surface area contributed by atoms with E-state index in [0.29, 0.717) is 39.0 Å². The molecule has 0 amide bonds. The quantitative estimate of drug-likeness (QED) is 0.0235. The SMILES string of the molecule is CC1(C)OB(c2cn[nH]c2)OC1(C)C.C[C@@H](CO)n1cc(B2OC(C)(C)C(C)(C)O2)cn1.C[C@@H](COCc1ccccc1)n1cc(B2OC(C)(C)C(C)(C)O2)cn1.C[C@@H](O)COCc1ccccc1.C[C@](N)(c1ccc(F)cc1)c1cnc(N2CCN(c3ncnn4cc(Br)cc34)CC2)nc1.Cc1ccc(S(=O)(=O)O[C@H](C)COCc2ccccc2)cc1.[I-]. The van der Waals surface area contributed by atoms with Gasteiger partial charge in [-0.1, -0.05) is 121 Å². The smallest absolute Gasteiger partial charge is 0.498 e. The fraction of sp³-hybridized carbons (Fsp3) is 0.449. The maximum Gasteiger partial charge on any atom is 0.498 e. The molecule has 11 aromatic rings. The monoisotopic (exact) mass is 1900 g/mol. The Labute approximate surface area is 755 Å². The van der Waals surface area contributed by atoms with Crippen LogP contribution in [0, 0.1) is 12.7 Å². The summed E-state index contributed by atoms with van der Waals surface area (Å²) in [6.45, 7) is 41.6. The predicted octanol–water partition coefficient (Wildman–Crippen LogP) is 9.27. The molecule has 0 saturated carbocycles. The minimum Gasteiger partial charge on any atom is -1.00 e. The molecule has 5 atom stereocenters. The van der Waals surface area contributed by atoms with Crippen molar-refractivity contribution < 1.29 is 93.3 Å². The molecule has 4 saturated heterocycles. The van der Waals surface area contributed by atoms with E-state index in [-0.39, 0.29) is 114 Å². The van der Waals surface area contributed by atoms with Gasteiger partial charge in [0.15, 0.2) is 5.82 Å². The number of nitrogens with two attached hydrogens (primary N) is 1. The summed E-state index contributed by atoms with van der Waals surface area (Å²) in [5.41, 5.74) is 13.4. The third kappa shape index (κ3) is 27.2. The third-order valence-corrected chi connectivity index (χ3v) is 24.3. The number of aryl methyl sites for hydroxylation is 1. The van der Waals surface area contributed by atoms with Crippen LogP contribution < -0.4 is 55.9 Å². The van der Waals surface area contributed by atoms with Gasteiger partial charge < -0.3 is 91.9 Å². The summed E-state index contributed by atoms with van der Waals surface area (Å²) in [6, 6.07) is 44.7. The van der Waals surface area contributed by atoms with E-state index < -0.39 is 28.9 Å².